The predicted molar refractivity (Wildman–Crippen MR) is 121 cm³/mol. The summed E-state index contributed by atoms with van der Waals surface area (Å²) in [5.41, 5.74) is 3.40. The van der Waals surface area contributed by atoms with Crippen LogP contribution in [0.15, 0.2) is 29.8 Å². The van der Waals surface area contributed by atoms with Gasteiger partial charge in [0, 0.05) is 25.7 Å². The van der Waals surface area contributed by atoms with Gasteiger partial charge < -0.3 is 5.32 Å². The van der Waals surface area contributed by atoms with Crippen LogP contribution in [0.2, 0.25) is 0 Å². The van der Waals surface area contributed by atoms with Crippen LogP contribution in [0.3, 0.4) is 0 Å². The summed E-state index contributed by atoms with van der Waals surface area (Å²) in [6.07, 6.45) is 1.67. The van der Waals surface area contributed by atoms with Crippen molar-refractivity contribution in [2.45, 2.75) is 32.7 Å². The molecule has 3 aromatic rings. The number of aryl methyl sites for hydroxylation is 1. The van der Waals surface area contributed by atoms with Gasteiger partial charge in [-0.15, -0.1) is 11.3 Å². The van der Waals surface area contributed by atoms with E-state index in [2.05, 4.69) is 20.2 Å². The molecule has 0 unspecified atom stereocenters. The summed E-state index contributed by atoms with van der Waals surface area (Å²) in [6, 6.07) is 8.09. The highest BCUT2D eigenvalue weighted by Gasteiger charge is 2.26. The summed E-state index contributed by atoms with van der Waals surface area (Å²) in [5.74, 6) is 0.0249. The fourth-order valence-corrected chi connectivity index (χ4v) is 5.43. The van der Waals surface area contributed by atoms with E-state index in [1.807, 2.05) is 38.1 Å². The van der Waals surface area contributed by atoms with Crippen LogP contribution in [0.4, 0.5) is 5.13 Å². The highest BCUT2D eigenvalue weighted by Crippen LogP contribution is 2.28. The first kappa shape index (κ1) is 20.9. The van der Waals surface area contributed by atoms with Crippen molar-refractivity contribution in [2.75, 3.05) is 31.1 Å². The smallest absolute Gasteiger partial charge is 0.263 e. The van der Waals surface area contributed by atoms with Crippen molar-refractivity contribution in [1.29, 1.82) is 0 Å². The van der Waals surface area contributed by atoms with Crippen molar-refractivity contribution in [1.82, 2.24) is 20.2 Å². The lowest BCUT2D eigenvalue weighted by atomic mass is 10.0. The minimum atomic E-state index is -0.0440. The molecule has 0 bridgehead atoms. The quantitative estimate of drug-likeness (QED) is 0.632. The fraction of sp³-hybridized carbons (Fsp3) is 0.429. The Balaban J connectivity index is 1.31. The third-order valence-corrected chi connectivity index (χ3v) is 7.35. The van der Waals surface area contributed by atoms with Gasteiger partial charge in [-0.1, -0.05) is 23.5 Å². The lowest BCUT2D eigenvalue weighted by Gasteiger charge is -2.32. The lowest BCUT2D eigenvalue weighted by molar-refractivity contribution is -0.120. The number of likely N-dealkylation sites (tertiary alicyclic amines) is 1. The van der Waals surface area contributed by atoms with Crippen molar-refractivity contribution < 1.29 is 9.59 Å². The summed E-state index contributed by atoms with van der Waals surface area (Å²) < 4.78 is 1.09. The number of hydrogen-bond donors (Lipinski definition) is 1. The standard InChI is InChI=1S/C21H25N5O2S2/c1-3-26(21-24-16-6-4-5-7-17(16)30-21)18(27)12-25-10-8-15(9-11-25)23-20(28)19-14(2)22-13-29-19/h4-7,13,15H,3,8-12H2,1-2H3,(H,23,28). The van der Waals surface area contributed by atoms with Crippen molar-refractivity contribution in [3.63, 3.8) is 0 Å². The van der Waals surface area contributed by atoms with E-state index in [1.54, 1.807) is 21.7 Å². The number of hydrogen-bond acceptors (Lipinski definition) is 7. The first-order valence-corrected chi connectivity index (χ1v) is 11.8. The lowest BCUT2D eigenvalue weighted by Crippen LogP contribution is -2.48. The van der Waals surface area contributed by atoms with E-state index in [0.717, 1.165) is 47.0 Å². The van der Waals surface area contributed by atoms with Crippen LogP contribution in [0, 0.1) is 6.92 Å². The average molecular weight is 444 g/mol. The molecule has 9 heteroatoms. The molecule has 0 aliphatic carbocycles. The topological polar surface area (TPSA) is 78.4 Å². The van der Waals surface area contributed by atoms with Gasteiger partial charge in [-0.25, -0.2) is 9.97 Å². The van der Waals surface area contributed by atoms with Gasteiger partial charge in [-0.3, -0.25) is 19.4 Å². The number of amides is 2. The second-order valence-corrected chi connectivity index (χ2v) is 9.26. The van der Waals surface area contributed by atoms with Gasteiger partial charge in [-0.05, 0) is 38.8 Å². The minimum Gasteiger partial charge on any atom is -0.348 e. The molecule has 30 heavy (non-hydrogen) atoms. The Morgan fingerprint density at radius 1 is 1.27 bits per heavy atom. The van der Waals surface area contributed by atoms with Gasteiger partial charge in [0.1, 0.15) is 4.88 Å². The van der Waals surface area contributed by atoms with Gasteiger partial charge in [0.25, 0.3) is 5.91 Å². The summed E-state index contributed by atoms with van der Waals surface area (Å²) in [6.45, 7) is 6.38. The third kappa shape index (κ3) is 4.53. The molecule has 1 N–H and O–H groups in total. The number of fused-ring (bicyclic) bond motifs is 1. The molecule has 1 aromatic carbocycles. The Morgan fingerprint density at radius 2 is 2.03 bits per heavy atom. The summed E-state index contributed by atoms with van der Waals surface area (Å²) in [5, 5.41) is 3.87. The second-order valence-electron chi connectivity index (χ2n) is 7.39. The van der Waals surface area contributed by atoms with E-state index in [0.29, 0.717) is 18.0 Å². The van der Waals surface area contributed by atoms with Gasteiger partial charge >= 0.3 is 0 Å². The Labute approximate surface area is 183 Å². The van der Waals surface area contributed by atoms with Crippen LogP contribution in [0.1, 0.15) is 35.1 Å². The Bertz CT molecular complexity index is 1010. The molecule has 2 amide bonds. The van der Waals surface area contributed by atoms with Crippen LogP contribution in [-0.2, 0) is 4.79 Å². The van der Waals surface area contributed by atoms with Crippen molar-refractivity contribution in [2.24, 2.45) is 0 Å². The van der Waals surface area contributed by atoms with E-state index in [4.69, 9.17) is 0 Å². The Morgan fingerprint density at radius 3 is 2.70 bits per heavy atom. The number of benzene rings is 1. The van der Waals surface area contributed by atoms with Crippen LogP contribution in [0.25, 0.3) is 10.2 Å². The molecule has 4 rings (SSSR count). The van der Waals surface area contributed by atoms with Crippen LogP contribution in [-0.4, -0.2) is 58.9 Å². The molecule has 0 saturated carbocycles. The van der Waals surface area contributed by atoms with E-state index in [1.165, 1.54) is 11.3 Å². The number of nitrogens with zero attached hydrogens (tertiary/aromatic N) is 4. The van der Waals surface area contributed by atoms with Crippen LogP contribution >= 0.6 is 22.7 Å². The highest BCUT2D eigenvalue weighted by molar-refractivity contribution is 7.22. The normalized spacial score (nSPS) is 15.4. The molecule has 7 nitrogen and oxygen atoms in total. The summed E-state index contributed by atoms with van der Waals surface area (Å²) >= 11 is 2.92. The third-order valence-electron chi connectivity index (χ3n) is 5.36. The van der Waals surface area contributed by atoms with Gasteiger partial charge in [0.05, 0.1) is 28.0 Å². The first-order chi connectivity index (χ1) is 14.5. The van der Waals surface area contributed by atoms with Gasteiger partial charge in [-0.2, -0.15) is 0 Å². The molecule has 0 radical (unpaired) electrons. The van der Waals surface area contributed by atoms with Crippen molar-refractivity contribution in [3.8, 4) is 0 Å². The molecule has 1 fully saturated rings. The number of rotatable bonds is 6. The SMILES string of the molecule is CCN(C(=O)CN1CCC(NC(=O)c2scnc2C)CC1)c1nc2ccccc2s1. The summed E-state index contributed by atoms with van der Waals surface area (Å²) in [4.78, 5) is 38.7. The number of thiazole rings is 2. The van der Waals surface area contributed by atoms with Crippen molar-refractivity contribution >= 4 is 49.8 Å². The molecule has 2 aromatic heterocycles. The Hall–Kier alpha value is -2.36. The number of anilines is 1. The molecule has 1 aliphatic heterocycles. The number of aromatic nitrogens is 2. The number of carbonyl (C=O) groups excluding carboxylic acids is 2. The Kier molecular flexibility index (Phi) is 6.40. The zero-order valence-electron chi connectivity index (χ0n) is 17.1. The monoisotopic (exact) mass is 443 g/mol. The van der Waals surface area contributed by atoms with Gasteiger partial charge in [0.2, 0.25) is 5.91 Å². The molecule has 158 valence electrons. The maximum Gasteiger partial charge on any atom is 0.263 e. The van der Waals surface area contributed by atoms with E-state index < -0.39 is 0 Å². The number of piperidine rings is 1. The summed E-state index contributed by atoms with van der Waals surface area (Å²) in [7, 11) is 0. The zero-order valence-corrected chi connectivity index (χ0v) is 18.8. The second kappa shape index (κ2) is 9.20. The molecular formula is C21H25N5O2S2. The average Bonchev–Trinajstić information content (AvgIpc) is 3.36. The van der Waals surface area contributed by atoms with E-state index in [9.17, 15) is 9.59 Å². The first-order valence-electron chi connectivity index (χ1n) is 10.1. The zero-order chi connectivity index (χ0) is 21.1. The molecule has 0 atom stereocenters. The highest BCUT2D eigenvalue weighted by atomic mass is 32.1. The van der Waals surface area contributed by atoms with E-state index >= 15 is 0 Å². The number of carbonyl (C=O) groups is 2. The number of likely N-dealkylation sites (N-methyl/N-ethyl adjacent to an activating group) is 1. The molecule has 0 spiro atoms. The molecule has 3 heterocycles. The molecule has 1 saturated heterocycles. The minimum absolute atomic E-state index is 0.0440. The fourth-order valence-electron chi connectivity index (χ4n) is 3.68. The maximum absolute atomic E-state index is 12.9. The van der Waals surface area contributed by atoms with Crippen LogP contribution in [0.5, 0.6) is 0 Å². The largest absolute Gasteiger partial charge is 0.348 e. The molecular weight excluding hydrogens is 418 g/mol. The van der Waals surface area contributed by atoms with E-state index in [-0.39, 0.29) is 17.9 Å². The number of para-hydroxylation sites is 1. The van der Waals surface area contributed by atoms with Crippen molar-refractivity contribution in [3.05, 3.63) is 40.3 Å². The van der Waals surface area contributed by atoms with Crippen LogP contribution < -0.4 is 10.2 Å². The predicted octanol–water partition coefficient (Wildman–Crippen LogP) is 3.31. The van der Waals surface area contributed by atoms with Gasteiger partial charge in [0.15, 0.2) is 5.13 Å². The maximum atomic E-state index is 12.9. The number of nitrogens with one attached hydrogen (secondary N) is 1. The molecule has 1 aliphatic rings.